The van der Waals surface area contributed by atoms with Crippen LogP contribution in [0.1, 0.15) is 0 Å². The Morgan fingerprint density at radius 1 is 1.33 bits per heavy atom. The molecule has 88 valence electrons. The number of hydrogen-bond acceptors (Lipinski definition) is 5. The Morgan fingerprint density at radius 3 is 2.72 bits per heavy atom. The molecule has 0 radical (unpaired) electrons. The van der Waals surface area contributed by atoms with Crippen LogP contribution in [0.2, 0.25) is 0 Å². The van der Waals surface area contributed by atoms with Crippen molar-refractivity contribution in [2.45, 2.75) is 0 Å². The van der Waals surface area contributed by atoms with Crippen molar-refractivity contribution in [1.29, 1.82) is 5.53 Å². The number of hydrogen-bond donors (Lipinski definition) is 2. The number of rotatable bonds is 2. The standard InChI is InChI=1S/C11H8N6O/c1-13-17-11(15-12)14-8-6-4-2-3-5-7(6)10(18)9(8)16-17/h2-5,12,16H,1H2. The van der Waals surface area contributed by atoms with Gasteiger partial charge in [0.1, 0.15) is 10.7 Å². The zero-order chi connectivity index (χ0) is 12.7. The van der Waals surface area contributed by atoms with Gasteiger partial charge in [-0.25, -0.2) is 10.5 Å². The fourth-order valence-electron chi connectivity index (χ4n) is 1.96. The predicted octanol–water partition coefficient (Wildman–Crippen LogP) is 1.58. The minimum atomic E-state index is -0.151. The molecule has 0 atom stereocenters. The lowest BCUT2D eigenvalue weighted by atomic mass is 10.2. The molecule has 18 heavy (non-hydrogen) atoms. The van der Waals surface area contributed by atoms with Gasteiger partial charge in [-0.05, 0) is 0 Å². The molecule has 1 aliphatic heterocycles. The summed E-state index contributed by atoms with van der Waals surface area (Å²) >= 11 is 0. The molecule has 1 aromatic carbocycles. The fourth-order valence-corrected chi connectivity index (χ4v) is 1.96. The van der Waals surface area contributed by atoms with Crippen LogP contribution in [-0.2, 0) is 0 Å². The van der Waals surface area contributed by atoms with Crippen molar-refractivity contribution in [2.75, 3.05) is 0 Å². The summed E-state index contributed by atoms with van der Waals surface area (Å²) in [7, 11) is 0. The molecule has 0 aromatic heterocycles. The zero-order valence-corrected chi connectivity index (χ0v) is 9.21. The van der Waals surface area contributed by atoms with E-state index in [1.54, 1.807) is 18.2 Å². The van der Waals surface area contributed by atoms with Gasteiger partial charge in [0.25, 0.3) is 5.95 Å². The summed E-state index contributed by atoms with van der Waals surface area (Å²) in [6.45, 7) is 3.33. The Kier molecular flexibility index (Phi) is 2.06. The third kappa shape index (κ3) is 1.21. The molecule has 0 spiro atoms. The number of nitrogens with zero attached hydrogens (tertiary/aromatic N) is 4. The summed E-state index contributed by atoms with van der Waals surface area (Å²) in [6.07, 6.45) is 0. The van der Waals surface area contributed by atoms with Gasteiger partial charge in [0.2, 0.25) is 5.43 Å². The van der Waals surface area contributed by atoms with Gasteiger partial charge < -0.3 is 0 Å². The van der Waals surface area contributed by atoms with E-state index in [9.17, 15) is 4.79 Å². The fraction of sp³-hybridized carbons (Fsp3) is 0. The number of benzene rings is 1. The Morgan fingerprint density at radius 2 is 2.06 bits per heavy atom. The van der Waals surface area contributed by atoms with E-state index >= 15 is 0 Å². The van der Waals surface area contributed by atoms with Gasteiger partial charge in [-0.3, -0.25) is 9.89 Å². The van der Waals surface area contributed by atoms with Gasteiger partial charge in [-0.1, -0.05) is 24.3 Å². The molecular weight excluding hydrogens is 232 g/mol. The van der Waals surface area contributed by atoms with E-state index in [0.717, 1.165) is 10.2 Å². The maximum atomic E-state index is 12.1. The highest BCUT2D eigenvalue weighted by Crippen LogP contribution is 2.15. The molecule has 7 nitrogen and oxygen atoms in total. The molecule has 2 aliphatic rings. The van der Waals surface area contributed by atoms with E-state index in [1.807, 2.05) is 6.07 Å². The molecule has 0 saturated heterocycles. The van der Waals surface area contributed by atoms with Crippen LogP contribution >= 0.6 is 0 Å². The van der Waals surface area contributed by atoms with Gasteiger partial charge in [0, 0.05) is 17.5 Å². The quantitative estimate of drug-likeness (QED) is 0.525. The van der Waals surface area contributed by atoms with E-state index in [4.69, 9.17) is 5.53 Å². The van der Waals surface area contributed by atoms with Crippen LogP contribution in [0.15, 0.2) is 39.3 Å². The number of aromatic amines is 1. The third-order valence-corrected chi connectivity index (χ3v) is 2.75. The molecule has 0 saturated carbocycles. The number of fused-ring (bicyclic) bond motifs is 2. The summed E-state index contributed by atoms with van der Waals surface area (Å²) in [5.74, 6) is 0.0354. The van der Waals surface area contributed by atoms with Crippen LogP contribution in [0, 0.1) is 16.2 Å². The van der Waals surface area contributed by atoms with Crippen molar-refractivity contribution in [1.82, 2.24) is 14.9 Å². The smallest absolute Gasteiger partial charge is 0.285 e. The summed E-state index contributed by atoms with van der Waals surface area (Å²) < 4.78 is 0. The molecule has 0 amide bonds. The SMILES string of the molecule is C=Nn1[nH]c2c(=O)c3ccccc3c=2nc1N=N. The molecule has 0 unspecified atom stereocenters. The van der Waals surface area contributed by atoms with Crippen molar-refractivity contribution < 1.29 is 0 Å². The summed E-state index contributed by atoms with van der Waals surface area (Å²) in [5.41, 5.74) is 6.88. The Balaban J connectivity index is 2.66. The number of aromatic nitrogens is 3. The van der Waals surface area contributed by atoms with Crippen LogP contribution in [0.25, 0.3) is 10.8 Å². The largest absolute Gasteiger partial charge is 0.287 e. The second-order valence-corrected chi connectivity index (χ2v) is 3.69. The first-order valence-corrected chi connectivity index (χ1v) is 5.14. The van der Waals surface area contributed by atoms with Crippen molar-refractivity contribution in [3.05, 3.63) is 45.2 Å². The first-order valence-electron chi connectivity index (χ1n) is 5.14. The molecule has 0 bridgehead atoms. The molecule has 1 aromatic rings. The molecule has 0 fully saturated rings. The molecule has 1 heterocycles. The highest BCUT2D eigenvalue weighted by molar-refractivity contribution is 5.83. The average Bonchev–Trinajstić information content (AvgIpc) is 2.71. The van der Waals surface area contributed by atoms with Gasteiger partial charge in [0.05, 0.1) is 0 Å². The molecule has 2 N–H and O–H groups in total. The second kappa shape index (κ2) is 3.59. The highest BCUT2D eigenvalue weighted by Gasteiger charge is 2.10. The van der Waals surface area contributed by atoms with Gasteiger partial charge in [-0.15, -0.1) is 9.91 Å². The maximum absolute atomic E-state index is 12.1. The van der Waals surface area contributed by atoms with Gasteiger partial charge >= 0.3 is 0 Å². The van der Waals surface area contributed by atoms with E-state index in [-0.39, 0.29) is 11.4 Å². The highest BCUT2D eigenvalue weighted by atomic mass is 16.1. The van der Waals surface area contributed by atoms with E-state index in [0.29, 0.717) is 16.1 Å². The van der Waals surface area contributed by atoms with E-state index < -0.39 is 0 Å². The van der Waals surface area contributed by atoms with Crippen LogP contribution in [0.4, 0.5) is 5.95 Å². The maximum Gasteiger partial charge on any atom is 0.285 e. The third-order valence-electron chi connectivity index (χ3n) is 2.75. The summed E-state index contributed by atoms with van der Waals surface area (Å²) in [5, 5.41) is 11.7. The van der Waals surface area contributed by atoms with Crippen LogP contribution in [0.5, 0.6) is 0 Å². The molecule has 7 heteroatoms. The van der Waals surface area contributed by atoms with Gasteiger partial charge in [0.15, 0.2) is 0 Å². The minimum absolute atomic E-state index is 0.0354. The zero-order valence-electron chi connectivity index (χ0n) is 9.21. The normalized spacial score (nSPS) is 10.9. The molecule has 3 rings (SSSR count). The van der Waals surface area contributed by atoms with Crippen molar-refractivity contribution in [2.24, 2.45) is 10.2 Å². The molecule has 1 aliphatic carbocycles. The Labute approximate surface area is 99.9 Å². The molecular formula is C11H8N6O. The topological polar surface area (TPSA) is 99.2 Å². The van der Waals surface area contributed by atoms with Crippen LogP contribution in [0.3, 0.4) is 0 Å². The summed E-state index contributed by atoms with van der Waals surface area (Å²) in [4.78, 5) is 17.4. The number of nitrogens with one attached hydrogen (secondary N) is 2. The first kappa shape index (κ1) is 10.3. The van der Waals surface area contributed by atoms with Crippen LogP contribution < -0.4 is 5.43 Å². The van der Waals surface area contributed by atoms with Crippen molar-refractivity contribution in [3.63, 3.8) is 0 Å². The van der Waals surface area contributed by atoms with Gasteiger partial charge in [-0.2, -0.15) is 5.10 Å². The Hall–Kier alpha value is -2.83. The van der Waals surface area contributed by atoms with E-state index in [1.165, 1.54) is 0 Å². The van der Waals surface area contributed by atoms with Crippen molar-refractivity contribution >= 4 is 23.4 Å². The lowest BCUT2D eigenvalue weighted by Gasteiger charge is -2.00. The first-order chi connectivity index (χ1) is 8.76. The van der Waals surface area contributed by atoms with Crippen LogP contribution in [-0.4, -0.2) is 21.6 Å². The average molecular weight is 240 g/mol. The lowest BCUT2D eigenvalue weighted by Crippen LogP contribution is -2.06. The second-order valence-electron chi connectivity index (χ2n) is 3.69. The predicted molar refractivity (Wildman–Crippen MR) is 65.4 cm³/mol. The minimum Gasteiger partial charge on any atom is -0.287 e. The van der Waals surface area contributed by atoms with Crippen molar-refractivity contribution in [3.8, 4) is 0 Å². The van der Waals surface area contributed by atoms with E-state index in [2.05, 4.69) is 27.0 Å². The monoisotopic (exact) mass is 240 g/mol. The lowest BCUT2D eigenvalue weighted by molar-refractivity contribution is 0.676. The Bertz CT molecular complexity index is 890. The summed E-state index contributed by atoms with van der Waals surface area (Å²) in [6, 6.07) is 7.15. The number of H-pyrrole nitrogens is 1.